The maximum atomic E-state index is 11.2. The number of fused-ring (bicyclic) bond motifs is 2. The molecular weight excluding hydrogens is 172 g/mol. The van der Waals surface area contributed by atoms with Gasteiger partial charge in [-0.15, -0.1) is 0 Å². The molecule has 1 heteroatoms. The van der Waals surface area contributed by atoms with Crippen molar-refractivity contribution in [3.63, 3.8) is 0 Å². The Morgan fingerprint density at radius 3 is 2.79 bits per heavy atom. The predicted molar refractivity (Wildman–Crippen MR) is 55.8 cm³/mol. The van der Waals surface area contributed by atoms with Gasteiger partial charge in [-0.3, -0.25) is 4.79 Å². The summed E-state index contributed by atoms with van der Waals surface area (Å²) in [6.45, 7) is 0. The third kappa shape index (κ3) is 0.987. The lowest BCUT2D eigenvalue weighted by Crippen LogP contribution is -2.00. The summed E-state index contributed by atoms with van der Waals surface area (Å²) in [5.41, 5.74) is 5.24. The van der Waals surface area contributed by atoms with E-state index in [4.69, 9.17) is 0 Å². The molecule has 1 aromatic rings. The predicted octanol–water partition coefficient (Wildman–Crippen LogP) is 2.53. The number of allylic oxidation sites excluding steroid dienone is 4. The van der Waals surface area contributed by atoms with E-state index in [0.717, 1.165) is 6.42 Å². The highest BCUT2D eigenvalue weighted by Gasteiger charge is 2.22. The van der Waals surface area contributed by atoms with E-state index >= 15 is 0 Å². The Kier molecular flexibility index (Phi) is 1.48. The van der Waals surface area contributed by atoms with E-state index in [-0.39, 0.29) is 5.78 Å². The molecule has 0 heterocycles. The van der Waals surface area contributed by atoms with Crippen LogP contribution in [0.15, 0.2) is 42.0 Å². The fourth-order valence-electron chi connectivity index (χ4n) is 2.26. The lowest BCUT2D eigenvalue weighted by Gasteiger charge is -2.06. The van der Waals surface area contributed by atoms with Crippen LogP contribution in [0.25, 0.3) is 5.57 Å². The van der Waals surface area contributed by atoms with Crippen molar-refractivity contribution in [2.24, 2.45) is 0 Å². The quantitative estimate of drug-likeness (QED) is 0.602. The molecule has 0 unspecified atom stereocenters. The molecule has 0 bridgehead atoms. The van der Waals surface area contributed by atoms with Gasteiger partial charge in [0.1, 0.15) is 0 Å². The normalized spacial score (nSPS) is 18.4. The minimum Gasteiger partial charge on any atom is -0.294 e. The zero-order chi connectivity index (χ0) is 9.54. The largest absolute Gasteiger partial charge is 0.294 e. The molecule has 0 atom stereocenters. The van der Waals surface area contributed by atoms with E-state index in [1.165, 1.54) is 22.3 Å². The maximum Gasteiger partial charge on any atom is 0.159 e. The van der Waals surface area contributed by atoms with Crippen molar-refractivity contribution in [1.29, 1.82) is 0 Å². The zero-order valence-electron chi connectivity index (χ0n) is 7.79. The van der Waals surface area contributed by atoms with Crippen molar-refractivity contribution in [3.05, 3.63) is 53.1 Å². The van der Waals surface area contributed by atoms with Crippen LogP contribution in [0.2, 0.25) is 0 Å². The van der Waals surface area contributed by atoms with Gasteiger partial charge in [-0.25, -0.2) is 0 Å². The third-order valence-corrected chi connectivity index (χ3v) is 2.92. The first-order valence-electron chi connectivity index (χ1n) is 4.86. The van der Waals surface area contributed by atoms with Crippen LogP contribution in [0.1, 0.15) is 17.5 Å². The van der Waals surface area contributed by atoms with Gasteiger partial charge in [0, 0.05) is 6.42 Å². The first-order chi connectivity index (χ1) is 6.84. The second kappa shape index (κ2) is 2.68. The molecule has 3 rings (SSSR count). The second-order valence-corrected chi connectivity index (χ2v) is 3.83. The van der Waals surface area contributed by atoms with Gasteiger partial charge in [0.25, 0.3) is 0 Å². The Morgan fingerprint density at radius 1 is 1.00 bits per heavy atom. The molecular formula is C13H10O. The summed E-state index contributed by atoms with van der Waals surface area (Å²) in [5, 5.41) is 0. The van der Waals surface area contributed by atoms with Crippen LogP contribution in [-0.4, -0.2) is 5.78 Å². The van der Waals surface area contributed by atoms with Crippen molar-refractivity contribution in [2.45, 2.75) is 12.8 Å². The van der Waals surface area contributed by atoms with Crippen LogP contribution >= 0.6 is 0 Å². The molecule has 0 N–H and O–H groups in total. The highest BCUT2D eigenvalue weighted by molar-refractivity contribution is 6.01. The lowest BCUT2D eigenvalue weighted by atomic mass is 9.97. The van der Waals surface area contributed by atoms with Crippen LogP contribution in [0.4, 0.5) is 0 Å². The standard InChI is InChI=1S/C13H10O/c14-11-5-6-13-10(8-11)7-9-3-1-2-4-12(9)13/h1-6H,7-8H2. The van der Waals surface area contributed by atoms with Gasteiger partial charge in [0.05, 0.1) is 0 Å². The van der Waals surface area contributed by atoms with Gasteiger partial charge in [-0.2, -0.15) is 0 Å². The third-order valence-electron chi connectivity index (χ3n) is 2.92. The Labute approximate surface area is 82.8 Å². The van der Waals surface area contributed by atoms with Crippen LogP contribution in [-0.2, 0) is 11.2 Å². The molecule has 0 fully saturated rings. The summed E-state index contributed by atoms with van der Waals surface area (Å²) in [5.74, 6) is 0.233. The van der Waals surface area contributed by atoms with Crippen LogP contribution in [0.5, 0.6) is 0 Å². The Bertz CT molecular complexity index is 478. The molecule has 0 aromatic heterocycles. The summed E-state index contributed by atoms with van der Waals surface area (Å²) in [7, 11) is 0. The molecule has 0 aliphatic heterocycles. The molecule has 1 nitrogen and oxygen atoms in total. The van der Waals surface area contributed by atoms with Gasteiger partial charge >= 0.3 is 0 Å². The molecule has 0 amide bonds. The van der Waals surface area contributed by atoms with Crippen molar-refractivity contribution in [1.82, 2.24) is 0 Å². The van der Waals surface area contributed by atoms with Crippen molar-refractivity contribution >= 4 is 11.4 Å². The molecule has 0 saturated carbocycles. The summed E-state index contributed by atoms with van der Waals surface area (Å²) < 4.78 is 0. The number of hydrogen-bond acceptors (Lipinski definition) is 1. The number of carbonyl (C=O) groups is 1. The Hall–Kier alpha value is -1.63. The number of hydrogen-bond donors (Lipinski definition) is 0. The molecule has 2 aliphatic carbocycles. The van der Waals surface area contributed by atoms with Crippen LogP contribution < -0.4 is 0 Å². The van der Waals surface area contributed by atoms with Gasteiger partial charge < -0.3 is 0 Å². The van der Waals surface area contributed by atoms with Gasteiger partial charge in [0.15, 0.2) is 5.78 Å². The van der Waals surface area contributed by atoms with E-state index in [1.807, 2.05) is 6.08 Å². The van der Waals surface area contributed by atoms with E-state index in [0.29, 0.717) is 6.42 Å². The molecule has 68 valence electrons. The maximum absolute atomic E-state index is 11.2. The van der Waals surface area contributed by atoms with E-state index in [2.05, 4.69) is 24.3 Å². The monoisotopic (exact) mass is 182 g/mol. The van der Waals surface area contributed by atoms with Crippen molar-refractivity contribution in [3.8, 4) is 0 Å². The highest BCUT2D eigenvalue weighted by atomic mass is 16.1. The van der Waals surface area contributed by atoms with Gasteiger partial charge in [-0.1, -0.05) is 35.9 Å². The van der Waals surface area contributed by atoms with Gasteiger partial charge in [0.2, 0.25) is 0 Å². The number of rotatable bonds is 0. The van der Waals surface area contributed by atoms with E-state index in [9.17, 15) is 4.79 Å². The smallest absolute Gasteiger partial charge is 0.159 e. The minimum absolute atomic E-state index is 0.233. The number of ketones is 1. The Balaban J connectivity index is 2.14. The molecule has 0 spiro atoms. The number of carbonyl (C=O) groups excluding carboxylic acids is 1. The summed E-state index contributed by atoms with van der Waals surface area (Å²) in [6, 6.07) is 8.39. The van der Waals surface area contributed by atoms with Crippen LogP contribution in [0, 0.1) is 0 Å². The average molecular weight is 182 g/mol. The van der Waals surface area contributed by atoms with Crippen molar-refractivity contribution in [2.75, 3.05) is 0 Å². The van der Waals surface area contributed by atoms with Crippen molar-refractivity contribution < 1.29 is 4.79 Å². The SMILES string of the molecule is O=C1C=CC2=C(C1)Cc1ccccc12. The molecule has 0 radical (unpaired) electrons. The zero-order valence-corrected chi connectivity index (χ0v) is 7.79. The minimum atomic E-state index is 0.233. The fourth-order valence-corrected chi connectivity index (χ4v) is 2.26. The lowest BCUT2D eigenvalue weighted by molar-refractivity contribution is -0.114. The number of benzene rings is 1. The summed E-state index contributed by atoms with van der Waals surface area (Å²) >= 11 is 0. The fraction of sp³-hybridized carbons (Fsp3) is 0.154. The molecule has 2 aliphatic rings. The second-order valence-electron chi connectivity index (χ2n) is 3.83. The van der Waals surface area contributed by atoms with Crippen LogP contribution in [0.3, 0.4) is 0 Å². The summed E-state index contributed by atoms with van der Waals surface area (Å²) in [4.78, 5) is 11.2. The highest BCUT2D eigenvalue weighted by Crippen LogP contribution is 2.37. The molecule has 14 heavy (non-hydrogen) atoms. The molecule has 1 aromatic carbocycles. The Morgan fingerprint density at radius 2 is 1.86 bits per heavy atom. The van der Waals surface area contributed by atoms with E-state index < -0.39 is 0 Å². The average Bonchev–Trinajstić information content (AvgIpc) is 2.54. The first kappa shape index (κ1) is 7.74. The van der Waals surface area contributed by atoms with Gasteiger partial charge in [-0.05, 0) is 29.2 Å². The molecule has 0 saturated heterocycles. The first-order valence-corrected chi connectivity index (χ1v) is 4.86. The summed E-state index contributed by atoms with van der Waals surface area (Å²) in [6.07, 6.45) is 5.23. The topological polar surface area (TPSA) is 17.1 Å². The van der Waals surface area contributed by atoms with E-state index in [1.54, 1.807) is 6.08 Å².